The van der Waals surface area contributed by atoms with Crippen LogP contribution >= 0.6 is 11.3 Å². The first-order chi connectivity index (χ1) is 9.42. The summed E-state index contributed by atoms with van der Waals surface area (Å²) in [4.78, 5) is 17.2. The maximum Gasteiger partial charge on any atom is 0.311 e. The molecular weight excluding hydrogens is 276 g/mol. The molecule has 0 aliphatic carbocycles. The van der Waals surface area contributed by atoms with Crippen LogP contribution in [0.15, 0.2) is 12.4 Å². The fraction of sp³-hybridized carbons (Fsp3) is 0.538. The van der Waals surface area contributed by atoms with Crippen molar-refractivity contribution in [3.05, 3.63) is 23.0 Å². The van der Waals surface area contributed by atoms with E-state index in [1.54, 1.807) is 35.3 Å². The molecule has 6 nitrogen and oxygen atoms in total. The van der Waals surface area contributed by atoms with E-state index in [-0.39, 0.29) is 5.97 Å². The van der Waals surface area contributed by atoms with Crippen LogP contribution in [-0.4, -0.2) is 32.6 Å². The van der Waals surface area contributed by atoms with E-state index in [0.29, 0.717) is 13.0 Å². The lowest BCUT2D eigenvalue weighted by Gasteiger charge is -2.20. The van der Waals surface area contributed by atoms with E-state index in [0.717, 1.165) is 15.7 Å². The second-order valence-corrected chi connectivity index (χ2v) is 6.40. The number of thiazole rings is 1. The highest BCUT2D eigenvalue weighted by Crippen LogP contribution is 2.23. The number of nitrogens with zero attached hydrogens (tertiary/aromatic N) is 4. The van der Waals surface area contributed by atoms with Gasteiger partial charge in [0, 0.05) is 17.5 Å². The molecule has 0 saturated carbocycles. The molecule has 0 N–H and O–H groups in total. The third-order valence-corrected chi connectivity index (χ3v) is 3.70. The highest BCUT2D eigenvalue weighted by molar-refractivity contribution is 7.13. The Bertz CT molecular complexity index is 603. The molecule has 0 aliphatic heterocycles. The standard InChI is InChI=1S/C13H18N4O2S/c1-5-19-11(18)13(3,4)6-10-8-17(16-15-10)12-14-7-9(2)20-12/h7-8H,5-6H2,1-4H3. The smallest absolute Gasteiger partial charge is 0.311 e. The lowest BCUT2D eigenvalue weighted by atomic mass is 9.88. The van der Waals surface area contributed by atoms with Gasteiger partial charge in [0.2, 0.25) is 5.13 Å². The molecule has 0 amide bonds. The first kappa shape index (κ1) is 14.6. The van der Waals surface area contributed by atoms with E-state index in [2.05, 4.69) is 15.3 Å². The number of hydrogen-bond acceptors (Lipinski definition) is 6. The van der Waals surface area contributed by atoms with Gasteiger partial charge < -0.3 is 4.74 Å². The fourth-order valence-corrected chi connectivity index (χ4v) is 2.45. The van der Waals surface area contributed by atoms with Crippen molar-refractivity contribution in [3.63, 3.8) is 0 Å². The van der Waals surface area contributed by atoms with Crippen molar-refractivity contribution < 1.29 is 9.53 Å². The summed E-state index contributed by atoms with van der Waals surface area (Å²) in [7, 11) is 0. The van der Waals surface area contributed by atoms with Gasteiger partial charge in [-0.1, -0.05) is 5.21 Å². The molecule has 0 aromatic carbocycles. The molecule has 20 heavy (non-hydrogen) atoms. The van der Waals surface area contributed by atoms with Gasteiger partial charge in [0.15, 0.2) is 0 Å². The molecule has 108 valence electrons. The topological polar surface area (TPSA) is 69.9 Å². The summed E-state index contributed by atoms with van der Waals surface area (Å²) >= 11 is 1.54. The molecule has 0 spiro atoms. The summed E-state index contributed by atoms with van der Waals surface area (Å²) in [5.74, 6) is -0.223. The van der Waals surface area contributed by atoms with Gasteiger partial charge in [-0.25, -0.2) is 4.98 Å². The van der Waals surface area contributed by atoms with Crippen LogP contribution in [0.4, 0.5) is 0 Å². The van der Waals surface area contributed by atoms with E-state index >= 15 is 0 Å². The summed E-state index contributed by atoms with van der Waals surface area (Å²) in [6, 6.07) is 0. The minimum absolute atomic E-state index is 0.223. The van der Waals surface area contributed by atoms with Gasteiger partial charge in [0.05, 0.1) is 23.9 Å². The predicted octanol–water partition coefficient (Wildman–Crippen LogP) is 2.16. The molecular formula is C13H18N4O2S. The van der Waals surface area contributed by atoms with Crippen molar-refractivity contribution in [1.29, 1.82) is 0 Å². The Hall–Kier alpha value is -1.76. The fourth-order valence-electron chi connectivity index (χ4n) is 1.77. The van der Waals surface area contributed by atoms with Crippen LogP contribution < -0.4 is 0 Å². The third-order valence-electron chi connectivity index (χ3n) is 2.80. The van der Waals surface area contributed by atoms with Crippen molar-refractivity contribution in [1.82, 2.24) is 20.0 Å². The molecule has 0 radical (unpaired) electrons. The second-order valence-electron chi connectivity index (χ2n) is 5.19. The van der Waals surface area contributed by atoms with Crippen LogP contribution in [0.2, 0.25) is 0 Å². The number of carbonyl (C=O) groups is 1. The van der Waals surface area contributed by atoms with E-state index in [1.165, 1.54) is 0 Å². The van der Waals surface area contributed by atoms with E-state index < -0.39 is 5.41 Å². The molecule has 0 atom stereocenters. The molecule has 0 aliphatic rings. The highest BCUT2D eigenvalue weighted by Gasteiger charge is 2.30. The van der Waals surface area contributed by atoms with Crippen molar-refractivity contribution in [2.45, 2.75) is 34.1 Å². The molecule has 2 aromatic heterocycles. The zero-order chi connectivity index (χ0) is 14.8. The molecule has 0 bridgehead atoms. The first-order valence-electron chi connectivity index (χ1n) is 6.43. The average molecular weight is 294 g/mol. The van der Waals surface area contributed by atoms with Crippen LogP contribution in [0.5, 0.6) is 0 Å². The molecule has 0 fully saturated rings. The van der Waals surface area contributed by atoms with E-state index in [1.807, 2.05) is 20.8 Å². The Morgan fingerprint density at radius 1 is 1.50 bits per heavy atom. The molecule has 2 aromatic rings. The van der Waals surface area contributed by atoms with Crippen molar-refractivity contribution in [2.75, 3.05) is 6.61 Å². The van der Waals surface area contributed by atoms with Crippen molar-refractivity contribution >= 4 is 17.3 Å². The first-order valence-corrected chi connectivity index (χ1v) is 7.25. The van der Waals surface area contributed by atoms with Gasteiger partial charge in [-0.3, -0.25) is 4.79 Å². The van der Waals surface area contributed by atoms with Gasteiger partial charge in [0.25, 0.3) is 0 Å². The van der Waals surface area contributed by atoms with Crippen LogP contribution in [0.1, 0.15) is 31.3 Å². The van der Waals surface area contributed by atoms with E-state index in [9.17, 15) is 4.79 Å². The number of aryl methyl sites for hydroxylation is 1. The highest BCUT2D eigenvalue weighted by atomic mass is 32.1. The third kappa shape index (κ3) is 3.22. The summed E-state index contributed by atoms with van der Waals surface area (Å²) in [5, 5.41) is 8.93. The van der Waals surface area contributed by atoms with Crippen LogP contribution in [-0.2, 0) is 16.0 Å². The molecule has 2 heterocycles. The SMILES string of the molecule is CCOC(=O)C(C)(C)Cc1cn(-c2ncc(C)s2)nn1. The summed E-state index contributed by atoms with van der Waals surface area (Å²) in [6.45, 7) is 7.86. The summed E-state index contributed by atoms with van der Waals surface area (Å²) < 4.78 is 6.70. The Morgan fingerprint density at radius 2 is 2.25 bits per heavy atom. The second kappa shape index (κ2) is 5.70. The molecule has 7 heteroatoms. The minimum atomic E-state index is -0.615. The Labute approximate surface area is 121 Å². The molecule has 0 unspecified atom stereocenters. The van der Waals surface area contributed by atoms with Gasteiger partial charge >= 0.3 is 5.97 Å². The normalized spacial score (nSPS) is 11.6. The minimum Gasteiger partial charge on any atom is -0.466 e. The zero-order valence-electron chi connectivity index (χ0n) is 12.1. The summed E-state index contributed by atoms with van der Waals surface area (Å²) in [6.07, 6.45) is 4.08. The van der Waals surface area contributed by atoms with Crippen LogP contribution in [0.3, 0.4) is 0 Å². The Kier molecular flexibility index (Phi) is 4.17. The lowest BCUT2D eigenvalue weighted by molar-refractivity contribution is -0.153. The van der Waals surface area contributed by atoms with Crippen molar-refractivity contribution in [2.24, 2.45) is 5.41 Å². The number of carbonyl (C=O) groups excluding carboxylic acids is 1. The number of esters is 1. The monoisotopic (exact) mass is 294 g/mol. The van der Waals surface area contributed by atoms with E-state index in [4.69, 9.17) is 4.74 Å². The van der Waals surface area contributed by atoms with Crippen LogP contribution in [0, 0.1) is 12.3 Å². The lowest BCUT2D eigenvalue weighted by Crippen LogP contribution is -2.29. The van der Waals surface area contributed by atoms with Gasteiger partial charge in [-0.15, -0.1) is 16.4 Å². The number of hydrogen-bond donors (Lipinski definition) is 0. The van der Waals surface area contributed by atoms with Crippen molar-refractivity contribution in [3.8, 4) is 5.13 Å². The quantitative estimate of drug-likeness (QED) is 0.790. The molecule has 2 rings (SSSR count). The van der Waals surface area contributed by atoms with Gasteiger partial charge in [0.1, 0.15) is 0 Å². The van der Waals surface area contributed by atoms with Gasteiger partial charge in [-0.2, -0.15) is 4.68 Å². The Morgan fingerprint density at radius 3 is 2.85 bits per heavy atom. The summed E-state index contributed by atoms with van der Waals surface area (Å²) in [5.41, 5.74) is 0.131. The molecule has 0 saturated heterocycles. The maximum atomic E-state index is 11.9. The van der Waals surface area contributed by atoms with Gasteiger partial charge in [-0.05, 0) is 27.7 Å². The predicted molar refractivity (Wildman–Crippen MR) is 75.9 cm³/mol. The average Bonchev–Trinajstić information content (AvgIpc) is 2.98. The number of rotatable bonds is 5. The zero-order valence-corrected chi connectivity index (χ0v) is 12.9. The van der Waals surface area contributed by atoms with Crippen LogP contribution in [0.25, 0.3) is 5.13 Å². The largest absolute Gasteiger partial charge is 0.466 e. The maximum absolute atomic E-state index is 11.9. The number of ether oxygens (including phenoxy) is 1. The Balaban J connectivity index is 2.11. The number of aromatic nitrogens is 4.